The van der Waals surface area contributed by atoms with Crippen molar-refractivity contribution >= 4 is 44.8 Å². The number of nitrogens with zero attached hydrogens (tertiary/aromatic N) is 1. The zero-order valence-corrected chi connectivity index (χ0v) is 16.0. The third-order valence-electron chi connectivity index (χ3n) is 3.85. The molecule has 0 aliphatic carbocycles. The average Bonchev–Trinajstić information content (AvgIpc) is 2.68. The Hall–Kier alpha value is -3.52. The Morgan fingerprint density at radius 3 is 2.32 bits per heavy atom. The van der Waals surface area contributed by atoms with Gasteiger partial charge < -0.3 is 10.6 Å². The number of amides is 2. The fourth-order valence-electron chi connectivity index (χ4n) is 2.52. The summed E-state index contributed by atoms with van der Waals surface area (Å²) < 4.78 is 0.651. The van der Waals surface area contributed by atoms with Gasteiger partial charge in [-0.1, -0.05) is 30.3 Å². The van der Waals surface area contributed by atoms with Gasteiger partial charge in [-0.3, -0.25) is 19.7 Å². The maximum absolute atomic E-state index is 12.5. The maximum atomic E-state index is 12.5. The normalized spacial score (nSPS) is 10.2. The van der Waals surface area contributed by atoms with E-state index < -0.39 is 10.8 Å². The van der Waals surface area contributed by atoms with Crippen molar-refractivity contribution in [1.82, 2.24) is 0 Å². The third-order valence-corrected chi connectivity index (χ3v) is 4.54. The van der Waals surface area contributed by atoms with Gasteiger partial charge in [-0.25, -0.2) is 0 Å². The van der Waals surface area contributed by atoms with Crippen LogP contribution in [0.1, 0.15) is 20.7 Å². The molecule has 3 aromatic rings. The SMILES string of the molecule is O=C(Nc1ccccc1[N+](=O)[O-])c1cccc(NC(=O)c2ccccc2Br)c1. The molecule has 28 heavy (non-hydrogen) atoms. The van der Waals surface area contributed by atoms with Gasteiger partial charge in [0.15, 0.2) is 0 Å². The van der Waals surface area contributed by atoms with E-state index in [4.69, 9.17) is 0 Å². The summed E-state index contributed by atoms with van der Waals surface area (Å²) in [5, 5.41) is 16.3. The van der Waals surface area contributed by atoms with Gasteiger partial charge in [-0.05, 0) is 52.3 Å². The Bertz CT molecular complexity index is 1070. The van der Waals surface area contributed by atoms with Gasteiger partial charge >= 0.3 is 0 Å². The van der Waals surface area contributed by atoms with Crippen molar-refractivity contribution in [2.45, 2.75) is 0 Å². The minimum atomic E-state index is -0.565. The lowest BCUT2D eigenvalue weighted by molar-refractivity contribution is -0.383. The number of rotatable bonds is 5. The lowest BCUT2D eigenvalue weighted by Gasteiger charge is -2.09. The molecule has 0 aliphatic heterocycles. The lowest BCUT2D eigenvalue weighted by atomic mass is 10.1. The second kappa shape index (κ2) is 8.45. The highest BCUT2D eigenvalue weighted by atomic mass is 79.9. The van der Waals surface area contributed by atoms with Crippen molar-refractivity contribution in [1.29, 1.82) is 0 Å². The van der Waals surface area contributed by atoms with Gasteiger partial charge in [0.1, 0.15) is 5.69 Å². The van der Waals surface area contributed by atoms with Crippen LogP contribution in [0.4, 0.5) is 17.1 Å². The average molecular weight is 440 g/mol. The van der Waals surface area contributed by atoms with Gasteiger partial charge in [0.2, 0.25) is 0 Å². The van der Waals surface area contributed by atoms with Crippen molar-refractivity contribution in [2.24, 2.45) is 0 Å². The van der Waals surface area contributed by atoms with Gasteiger partial charge in [0.05, 0.1) is 10.5 Å². The molecule has 0 heterocycles. The summed E-state index contributed by atoms with van der Waals surface area (Å²) in [6, 6.07) is 19.2. The molecule has 2 N–H and O–H groups in total. The Labute approximate surface area is 168 Å². The minimum Gasteiger partial charge on any atom is -0.322 e. The zero-order valence-electron chi connectivity index (χ0n) is 14.4. The molecule has 0 unspecified atom stereocenters. The number of benzene rings is 3. The first-order chi connectivity index (χ1) is 13.5. The molecule has 0 bridgehead atoms. The first-order valence-electron chi connectivity index (χ1n) is 8.16. The van der Waals surface area contributed by atoms with Crippen LogP contribution >= 0.6 is 15.9 Å². The number of para-hydroxylation sites is 2. The van der Waals surface area contributed by atoms with Crippen molar-refractivity contribution in [2.75, 3.05) is 10.6 Å². The lowest BCUT2D eigenvalue weighted by Crippen LogP contribution is -2.15. The van der Waals surface area contributed by atoms with Crippen LogP contribution in [0.3, 0.4) is 0 Å². The standard InChI is InChI=1S/C20H14BrN3O4/c21-16-9-2-1-8-15(16)20(26)22-14-7-5-6-13(12-14)19(25)23-17-10-3-4-11-18(17)24(27)28/h1-12H,(H,22,26)(H,23,25). The minimum absolute atomic E-state index is 0.0974. The van der Waals surface area contributed by atoms with Crippen LogP contribution in [-0.2, 0) is 0 Å². The van der Waals surface area contributed by atoms with E-state index in [-0.39, 0.29) is 22.8 Å². The van der Waals surface area contributed by atoms with Crippen LogP contribution in [0.5, 0.6) is 0 Å². The molecule has 140 valence electrons. The van der Waals surface area contributed by atoms with Gasteiger partial charge in [-0.2, -0.15) is 0 Å². The van der Waals surface area contributed by atoms with Crippen molar-refractivity contribution in [3.05, 3.63) is 98.5 Å². The largest absolute Gasteiger partial charge is 0.322 e. The predicted octanol–water partition coefficient (Wildman–Crippen LogP) is 4.86. The summed E-state index contributed by atoms with van der Waals surface area (Å²) in [5.74, 6) is -0.852. The number of halogens is 1. The highest BCUT2D eigenvalue weighted by molar-refractivity contribution is 9.10. The van der Waals surface area contributed by atoms with E-state index in [0.29, 0.717) is 15.7 Å². The van der Waals surface area contributed by atoms with Crippen LogP contribution < -0.4 is 10.6 Å². The first kappa shape index (κ1) is 19.2. The molecule has 3 aromatic carbocycles. The van der Waals surface area contributed by atoms with Crippen molar-refractivity contribution in [3.8, 4) is 0 Å². The number of hydrogen-bond acceptors (Lipinski definition) is 4. The van der Waals surface area contributed by atoms with Crippen LogP contribution in [0.15, 0.2) is 77.3 Å². The third kappa shape index (κ3) is 4.41. The Kier molecular flexibility index (Phi) is 5.81. The van der Waals surface area contributed by atoms with E-state index in [2.05, 4.69) is 26.6 Å². The van der Waals surface area contributed by atoms with Crippen LogP contribution in [0.2, 0.25) is 0 Å². The number of nitro benzene ring substituents is 1. The van der Waals surface area contributed by atoms with Gasteiger partial charge in [0.25, 0.3) is 17.5 Å². The molecule has 0 aliphatic rings. The van der Waals surface area contributed by atoms with Crippen LogP contribution in [0, 0.1) is 10.1 Å². The number of anilines is 2. The summed E-state index contributed by atoms with van der Waals surface area (Å²) in [5.41, 5.74) is 1.03. The van der Waals surface area contributed by atoms with E-state index >= 15 is 0 Å². The molecule has 2 amide bonds. The summed E-state index contributed by atoms with van der Waals surface area (Å²) in [7, 11) is 0. The molecule has 7 nitrogen and oxygen atoms in total. The second-order valence-corrected chi connectivity index (χ2v) is 6.60. The van der Waals surface area contributed by atoms with E-state index in [1.165, 1.54) is 24.3 Å². The van der Waals surface area contributed by atoms with Crippen molar-refractivity contribution < 1.29 is 14.5 Å². The monoisotopic (exact) mass is 439 g/mol. The van der Waals surface area contributed by atoms with Gasteiger partial charge in [-0.15, -0.1) is 0 Å². The molecule has 0 fully saturated rings. The Balaban J connectivity index is 1.78. The summed E-state index contributed by atoms with van der Waals surface area (Å²) in [6.07, 6.45) is 0. The van der Waals surface area contributed by atoms with E-state index in [0.717, 1.165) is 0 Å². The molecule has 0 saturated heterocycles. The number of nitro groups is 1. The van der Waals surface area contributed by atoms with Crippen LogP contribution in [-0.4, -0.2) is 16.7 Å². The molecule has 0 spiro atoms. The smallest absolute Gasteiger partial charge is 0.292 e. The Morgan fingerprint density at radius 1 is 0.857 bits per heavy atom. The molecule has 0 aromatic heterocycles. The fraction of sp³-hybridized carbons (Fsp3) is 0. The van der Waals surface area contributed by atoms with E-state index in [1.54, 1.807) is 48.5 Å². The number of hydrogen-bond donors (Lipinski definition) is 2. The second-order valence-electron chi connectivity index (χ2n) is 5.74. The summed E-state index contributed by atoms with van der Waals surface area (Å²) in [6.45, 7) is 0. The quantitative estimate of drug-likeness (QED) is 0.437. The predicted molar refractivity (Wildman–Crippen MR) is 110 cm³/mol. The number of carbonyl (C=O) groups is 2. The Morgan fingerprint density at radius 2 is 1.57 bits per heavy atom. The highest BCUT2D eigenvalue weighted by Gasteiger charge is 2.16. The molecule has 3 rings (SSSR count). The number of carbonyl (C=O) groups excluding carboxylic acids is 2. The van der Waals surface area contributed by atoms with E-state index in [9.17, 15) is 19.7 Å². The van der Waals surface area contributed by atoms with E-state index in [1.807, 2.05) is 0 Å². The molecule has 0 saturated carbocycles. The fourth-order valence-corrected chi connectivity index (χ4v) is 2.98. The summed E-state index contributed by atoms with van der Waals surface area (Å²) in [4.78, 5) is 35.4. The first-order valence-corrected chi connectivity index (χ1v) is 8.96. The molecule has 0 atom stereocenters. The molecule has 8 heteroatoms. The molecular weight excluding hydrogens is 426 g/mol. The maximum Gasteiger partial charge on any atom is 0.292 e. The van der Waals surface area contributed by atoms with Crippen LogP contribution in [0.25, 0.3) is 0 Å². The van der Waals surface area contributed by atoms with Crippen molar-refractivity contribution in [3.63, 3.8) is 0 Å². The van der Waals surface area contributed by atoms with Gasteiger partial charge in [0, 0.05) is 21.8 Å². The zero-order chi connectivity index (χ0) is 20.1. The topological polar surface area (TPSA) is 101 Å². The molecule has 0 radical (unpaired) electrons. The number of nitrogens with one attached hydrogen (secondary N) is 2. The summed E-state index contributed by atoms with van der Waals surface area (Å²) >= 11 is 3.32. The molecular formula is C20H14BrN3O4. The highest BCUT2D eigenvalue weighted by Crippen LogP contribution is 2.24.